The number of hydrogen-bond donors (Lipinski definition) is 0. The Morgan fingerprint density at radius 1 is 0.550 bits per heavy atom. The topological polar surface area (TPSA) is 84.6 Å². The lowest BCUT2D eigenvalue weighted by Crippen LogP contribution is -2.38. The van der Waals surface area contributed by atoms with Crippen LogP contribution in [0.5, 0.6) is 0 Å². The van der Waals surface area contributed by atoms with Gasteiger partial charge >= 0.3 is 0 Å². The van der Waals surface area contributed by atoms with Crippen molar-refractivity contribution >= 4 is 31.7 Å². The van der Waals surface area contributed by atoms with Crippen LogP contribution < -0.4 is 8.61 Å². The number of anilines is 2. The van der Waals surface area contributed by atoms with E-state index < -0.39 is 20.0 Å². The van der Waals surface area contributed by atoms with Gasteiger partial charge in [-0.15, -0.1) is 0 Å². The van der Waals surface area contributed by atoms with Gasteiger partial charge < -0.3 is 9.13 Å². The Bertz CT molecular complexity index is 1490. The molecule has 4 rings (SSSR count). The maximum absolute atomic E-state index is 12.8. The van der Waals surface area contributed by atoms with Crippen LogP contribution in [0.4, 0.5) is 11.6 Å². The summed E-state index contributed by atoms with van der Waals surface area (Å²) in [6.45, 7) is 11.4. The number of aromatic nitrogens is 2. The van der Waals surface area contributed by atoms with Crippen molar-refractivity contribution in [3.05, 3.63) is 96.3 Å². The zero-order valence-electron chi connectivity index (χ0n) is 24.5. The van der Waals surface area contributed by atoms with Crippen LogP contribution in [0.25, 0.3) is 0 Å². The molecule has 0 saturated heterocycles. The molecule has 0 radical (unpaired) electrons. The average Bonchev–Trinajstić information content (AvgIpc) is 3.47. The Kier molecular flexibility index (Phi) is 9.58. The molecule has 0 amide bonds. The quantitative estimate of drug-likeness (QED) is 0.259. The van der Waals surface area contributed by atoms with Crippen LogP contribution in [0, 0.1) is 13.8 Å². The molecule has 2 aromatic carbocycles. The molecule has 0 atom stereocenters. The van der Waals surface area contributed by atoms with E-state index >= 15 is 0 Å². The summed E-state index contributed by atoms with van der Waals surface area (Å²) in [5.74, 6) is 1.33. The van der Waals surface area contributed by atoms with E-state index in [4.69, 9.17) is 0 Å². The second-order valence-electron chi connectivity index (χ2n) is 10.4. The van der Waals surface area contributed by atoms with Crippen molar-refractivity contribution in [2.24, 2.45) is 14.1 Å². The first-order valence-corrected chi connectivity index (χ1v) is 16.0. The van der Waals surface area contributed by atoms with Gasteiger partial charge in [-0.05, 0) is 90.1 Å². The van der Waals surface area contributed by atoms with Crippen molar-refractivity contribution in [2.75, 3.05) is 8.61 Å². The largest absolute Gasteiger partial charge is 0.337 e. The molecule has 0 spiro atoms. The fraction of sp³-hybridized carbons (Fsp3) is 0.333. The molecule has 0 saturated carbocycles. The van der Waals surface area contributed by atoms with Gasteiger partial charge in [0, 0.05) is 38.6 Å². The van der Waals surface area contributed by atoms with Gasteiger partial charge in [0.2, 0.25) is 0 Å². The zero-order valence-corrected chi connectivity index (χ0v) is 26.1. The Morgan fingerprint density at radius 2 is 0.850 bits per heavy atom. The summed E-state index contributed by atoms with van der Waals surface area (Å²) in [7, 11) is -3.41. The summed E-state index contributed by atoms with van der Waals surface area (Å²) >= 11 is 0. The minimum atomic E-state index is -3.55. The Balaban J connectivity index is 0.000000220. The summed E-state index contributed by atoms with van der Waals surface area (Å²) in [4.78, 5) is 0.635. The number of benzene rings is 2. The van der Waals surface area contributed by atoms with E-state index in [1.165, 1.54) is 8.61 Å². The lowest BCUT2D eigenvalue weighted by atomic mass is 10.2. The van der Waals surface area contributed by atoms with Crippen LogP contribution in [0.15, 0.2) is 95.0 Å². The maximum Gasteiger partial charge on any atom is 0.265 e. The average molecular weight is 585 g/mol. The molecule has 0 fully saturated rings. The molecule has 0 N–H and O–H groups in total. The van der Waals surface area contributed by atoms with Crippen LogP contribution >= 0.6 is 0 Å². The van der Waals surface area contributed by atoms with Gasteiger partial charge in [-0.25, -0.2) is 25.4 Å². The van der Waals surface area contributed by atoms with Crippen LogP contribution in [0.3, 0.4) is 0 Å². The lowest BCUT2D eigenvalue weighted by Gasteiger charge is -2.28. The molecule has 40 heavy (non-hydrogen) atoms. The van der Waals surface area contributed by atoms with E-state index in [0.717, 1.165) is 11.1 Å². The second kappa shape index (κ2) is 12.3. The maximum atomic E-state index is 12.8. The normalized spacial score (nSPS) is 11.8. The first-order chi connectivity index (χ1) is 18.7. The SMILES string of the molecule is Cc1ccc(S(=O)(=O)N(c2cccn2C)C(C)C)cc1.Cc1ccc(S(=O)(=O)N(c2cccn2C)C(C)C)cc1. The first-order valence-electron chi connectivity index (χ1n) is 13.1. The van der Waals surface area contributed by atoms with Crippen molar-refractivity contribution in [3.63, 3.8) is 0 Å². The summed E-state index contributed by atoms with van der Waals surface area (Å²) in [6.07, 6.45) is 3.69. The van der Waals surface area contributed by atoms with Crippen molar-refractivity contribution in [1.82, 2.24) is 9.13 Å². The third kappa shape index (κ3) is 6.62. The molecule has 216 valence electrons. The van der Waals surface area contributed by atoms with Crippen molar-refractivity contribution < 1.29 is 16.8 Å². The minimum Gasteiger partial charge on any atom is -0.337 e. The van der Waals surface area contributed by atoms with Crippen molar-refractivity contribution in [3.8, 4) is 0 Å². The third-order valence-corrected chi connectivity index (χ3v) is 10.4. The lowest BCUT2D eigenvalue weighted by molar-refractivity contribution is 0.580. The van der Waals surface area contributed by atoms with Crippen LogP contribution in [0.2, 0.25) is 0 Å². The smallest absolute Gasteiger partial charge is 0.265 e. The van der Waals surface area contributed by atoms with Gasteiger partial charge in [0.1, 0.15) is 11.6 Å². The highest BCUT2D eigenvalue weighted by Crippen LogP contribution is 2.27. The minimum absolute atomic E-state index is 0.157. The monoisotopic (exact) mass is 584 g/mol. The van der Waals surface area contributed by atoms with Crippen molar-refractivity contribution in [1.29, 1.82) is 0 Å². The highest BCUT2D eigenvalue weighted by atomic mass is 32.2. The van der Waals surface area contributed by atoms with Gasteiger partial charge in [0.25, 0.3) is 20.0 Å². The van der Waals surface area contributed by atoms with E-state index in [2.05, 4.69) is 0 Å². The van der Waals surface area contributed by atoms with E-state index in [1.54, 1.807) is 24.3 Å². The Morgan fingerprint density at radius 3 is 1.07 bits per heavy atom. The van der Waals surface area contributed by atoms with Gasteiger partial charge in [-0.2, -0.15) is 0 Å². The van der Waals surface area contributed by atoms with Gasteiger partial charge in [-0.3, -0.25) is 0 Å². The Hall–Kier alpha value is -3.50. The molecule has 2 heterocycles. The summed E-state index contributed by atoms with van der Waals surface area (Å²) < 4.78 is 57.9. The summed E-state index contributed by atoms with van der Waals surface area (Å²) in [5.41, 5.74) is 2.08. The van der Waals surface area contributed by atoms with E-state index in [-0.39, 0.29) is 12.1 Å². The predicted octanol–water partition coefficient (Wildman–Crippen LogP) is 5.87. The fourth-order valence-electron chi connectivity index (χ4n) is 4.34. The standard InChI is InChI=1S/2C15H20N2O2S/c2*1-12(2)17(15-6-5-11-16(15)4)20(18,19)14-9-7-13(3)8-10-14/h2*5-12H,1-4H3. The molecular formula is C30H40N4O4S2. The van der Waals surface area contributed by atoms with E-state index in [9.17, 15) is 16.8 Å². The molecule has 2 aromatic heterocycles. The summed E-state index contributed by atoms with van der Waals surface area (Å²) in [6, 6.07) is 20.9. The number of sulfonamides is 2. The molecule has 0 aliphatic heterocycles. The Labute approximate surface area is 239 Å². The van der Waals surface area contributed by atoms with E-state index in [0.29, 0.717) is 21.4 Å². The molecule has 0 bridgehead atoms. The van der Waals surface area contributed by atoms with Gasteiger partial charge in [-0.1, -0.05) is 35.4 Å². The third-order valence-electron chi connectivity index (χ3n) is 6.38. The molecular weight excluding hydrogens is 544 g/mol. The number of nitrogens with zero attached hydrogens (tertiary/aromatic N) is 4. The number of rotatable bonds is 8. The van der Waals surface area contributed by atoms with Crippen LogP contribution in [-0.2, 0) is 34.1 Å². The predicted molar refractivity (Wildman–Crippen MR) is 163 cm³/mol. The molecule has 0 aliphatic rings. The van der Waals surface area contributed by atoms with Gasteiger partial charge in [0.15, 0.2) is 0 Å². The van der Waals surface area contributed by atoms with Crippen LogP contribution in [0.1, 0.15) is 38.8 Å². The zero-order chi connectivity index (χ0) is 29.8. The van der Waals surface area contributed by atoms with Gasteiger partial charge in [0.05, 0.1) is 9.79 Å². The van der Waals surface area contributed by atoms with Crippen molar-refractivity contribution in [2.45, 2.75) is 63.4 Å². The van der Waals surface area contributed by atoms with E-state index in [1.807, 2.05) is 126 Å². The number of hydrogen-bond acceptors (Lipinski definition) is 4. The molecule has 8 nitrogen and oxygen atoms in total. The second-order valence-corrected chi connectivity index (χ2v) is 14.0. The number of aryl methyl sites for hydroxylation is 4. The molecule has 4 aromatic rings. The molecule has 0 unspecified atom stereocenters. The first kappa shape index (κ1) is 31.0. The molecule has 0 aliphatic carbocycles. The highest BCUT2D eigenvalue weighted by Gasteiger charge is 2.30. The fourth-order valence-corrected chi connectivity index (χ4v) is 7.74. The molecule has 10 heteroatoms. The van der Waals surface area contributed by atoms with Crippen LogP contribution in [-0.4, -0.2) is 38.1 Å². The summed E-state index contributed by atoms with van der Waals surface area (Å²) in [5, 5.41) is 0. The highest BCUT2D eigenvalue weighted by molar-refractivity contribution is 7.93.